The van der Waals surface area contributed by atoms with Crippen molar-refractivity contribution in [1.29, 1.82) is 0 Å². The summed E-state index contributed by atoms with van der Waals surface area (Å²) in [6.07, 6.45) is 12.3. The quantitative estimate of drug-likeness (QED) is 0.409. The maximum Gasteiger partial charge on any atom is 0.313 e. The van der Waals surface area contributed by atoms with Crippen molar-refractivity contribution in [3.8, 4) is 0 Å². The second kappa shape index (κ2) is 9.66. The minimum atomic E-state index is 0.0315. The van der Waals surface area contributed by atoms with Crippen LogP contribution in [0.2, 0.25) is 0 Å². The van der Waals surface area contributed by atoms with Crippen LogP contribution in [0.5, 0.6) is 0 Å². The average Bonchev–Trinajstić information content (AvgIpc) is 2.54. The van der Waals surface area contributed by atoms with E-state index in [9.17, 15) is 4.79 Å². The first-order valence-corrected chi connectivity index (χ1v) is 9.05. The van der Waals surface area contributed by atoms with Gasteiger partial charge in [0, 0.05) is 0 Å². The van der Waals surface area contributed by atoms with E-state index in [0.717, 1.165) is 19.3 Å². The summed E-state index contributed by atoms with van der Waals surface area (Å²) < 4.78 is 5.34. The van der Waals surface area contributed by atoms with Gasteiger partial charge in [0.15, 0.2) is 0 Å². The van der Waals surface area contributed by atoms with Gasteiger partial charge in [-0.15, -0.1) is 0 Å². The topological polar surface area (TPSA) is 26.3 Å². The molecule has 0 amide bonds. The predicted octanol–water partition coefficient (Wildman–Crippen LogP) is 5.30. The molecule has 1 heterocycles. The molecule has 0 aliphatic carbocycles. The average molecular weight is 302 g/mol. The maximum atomic E-state index is 11.6. The largest absolute Gasteiger partial charge is 0.461 e. The molecule has 2 unspecified atom stereocenters. The van der Waals surface area contributed by atoms with E-state index in [0.29, 0.717) is 0 Å². The highest BCUT2D eigenvalue weighted by atomic mass is 16.6. The number of ether oxygens (including phenoxy) is 1. The Kier molecular flexibility index (Phi) is 7.48. The molecule has 0 saturated carbocycles. The van der Waals surface area contributed by atoms with Crippen LogP contribution in [-0.4, -0.2) is 12.1 Å². The van der Waals surface area contributed by atoms with Gasteiger partial charge in [-0.25, -0.2) is 0 Å². The minimum absolute atomic E-state index is 0.0315. The van der Waals surface area contributed by atoms with Crippen LogP contribution in [-0.2, 0) is 16.0 Å². The fourth-order valence-corrected chi connectivity index (χ4v) is 3.24. The molecule has 1 fully saturated rings. The van der Waals surface area contributed by atoms with Gasteiger partial charge in [-0.3, -0.25) is 4.79 Å². The zero-order valence-electron chi connectivity index (χ0n) is 13.9. The fourth-order valence-electron chi connectivity index (χ4n) is 3.24. The molecule has 122 valence electrons. The summed E-state index contributed by atoms with van der Waals surface area (Å²) in [5.41, 5.74) is 1.33. The van der Waals surface area contributed by atoms with Crippen molar-refractivity contribution >= 4 is 5.97 Å². The first-order valence-electron chi connectivity index (χ1n) is 9.05. The number of benzene rings is 1. The third-order valence-electron chi connectivity index (χ3n) is 4.70. The van der Waals surface area contributed by atoms with Gasteiger partial charge < -0.3 is 4.74 Å². The molecule has 2 nitrogen and oxygen atoms in total. The van der Waals surface area contributed by atoms with Crippen LogP contribution in [0, 0.1) is 5.92 Å². The molecular weight excluding hydrogens is 272 g/mol. The number of hydrogen-bond acceptors (Lipinski definition) is 2. The monoisotopic (exact) mass is 302 g/mol. The standard InChI is InChI=1S/C20H30O2/c1-2-3-4-5-6-7-11-14-18-19(22-20(18)21)16-15-17-12-9-8-10-13-17/h8-10,12-13,18-19H,2-7,11,14-16H2,1H3. The molecule has 0 bridgehead atoms. The number of carbonyl (C=O) groups is 1. The lowest BCUT2D eigenvalue weighted by Crippen LogP contribution is -2.45. The van der Waals surface area contributed by atoms with Crippen molar-refractivity contribution in [3.05, 3.63) is 35.9 Å². The lowest BCUT2D eigenvalue weighted by Gasteiger charge is -2.35. The summed E-state index contributed by atoms with van der Waals surface area (Å²) in [4.78, 5) is 11.6. The van der Waals surface area contributed by atoms with E-state index in [1.54, 1.807) is 0 Å². The molecular formula is C20H30O2. The van der Waals surface area contributed by atoms with Crippen molar-refractivity contribution in [3.63, 3.8) is 0 Å². The molecule has 0 radical (unpaired) electrons. The minimum Gasteiger partial charge on any atom is -0.461 e. The van der Waals surface area contributed by atoms with Gasteiger partial charge in [-0.05, 0) is 24.8 Å². The predicted molar refractivity (Wildman–Crippen MR) is 90.7 cm³/mol. The number of rotatable bonds is 11. The Morgan fingerprint density at radius 2 is 1.59 bits per heavy atom. The number of esters is 1. The normalized spacial score (nSPS) is 20.5. The van der Waals surface area contributed by atoms with E-state index in [1.807, 2.05) is 6.07 Å². The highest BCUT2D eigenvalue weighted by Crippen LogP contribution is 2.31. The molecule has 0 spiro atoms. The fraction of sp³-hybridized carbons (Fsp3) is 0.650. The van der Waals surface area contributed by atoms with Crippen molar-refractivity contribution in [2.45, 2.75) is 77.2 Å². The first-order chi connectivity index (χ1) is 10.8. The van der Waals surface area contributed by atoms with Gasteiger partial charge in [0.1, 0.15) is 6.10 Å². The van der Waals surface area contributed by atoms with Gasteiger partial charge in [-0.1, -0.05) is 82.2 Å². The van der Waals surface area contributed by atoms with E-state index in [1.165, 1.54) is 50.5 Å². The highest BCUT2D eigenvalue weighted by Gasteiger charge is 2.40. The first kappa shape index (κ1) is 17.1. The summed E-state index contributed by atoms with van der Waals surface area (Å²) in [6.45, 7) is 2.25. The SMILES string of the molecule is CCCCCCCCCC1C(=O)OC1CCc1ccccc1. The Bertz CT molecular complexity index is 427. The number of hydrogen-bond donors (Lipinski definition) is 0. The van der Waals surface area contributed by atoms with Crippen LogP contribution in [0.25, 0.3) is 0 Å². The van der Waals surface area contributed by atoms with Gasteiger partial charge >= 0.3 is 5.97 Å². The van der Waals surface area contributed by atoms with Crippen molar-refractivity contribution in [1.82, 2.24) is 0 Å². The third kappa shape index (κ3) is 5.47. The zero-order chi connectivity index (χ0) is 15.6. The second-order valence-corrected chi connectivity index (χ2v) is 6.52. The van der Waals surface area contributed by atoms with Crippen molar-refractivity contribution in [2.75, 3.05) is 0 Å². The molecule has 2 heteroatoms. The second-order valence-electron chi connectivity index (χ2n) is 6.52. The van der Waals surface area contributed by atoms with Crippen molar-refractivity contribution in [2.24, 2.45) is 5.92 Å². The van der Waals surface area contributed by atoms with Crippen LogP contribution >= 0.6 is 0 Å². The third-order valence-corrected chi connectivity index (χ3v) is 4.70. The molecule has 1 aromatic rings. The number of carbonyl (C=O) groups excluding carboxylic acids is 1. The van der Waals surface area contributed by atoms with Crippen LogP contribution in [0.4, 0.5) is 0 Å². The zero-order valence-corrected chi connectivity index (χ0v) is 13.9. The van der Waals surface area contributed by atoms with Crippen LogP contribution < -0.4 is 0 Å². The number of aryl methyl sites for hydroxylation is 1. The summed E-state index contributed by atoms with van der Waals surface area (Å²) in [5.74, 6) is 0.198. The van der Waals surface area contributed by atoms with Gasteiger partial charge in [0.2, 0.25) is 0 Å². The highest BCUT2D eigenvalue weighted by molar-refractivity contribution is 5.78. The smallest absolute Gasteiger partial charge is 0.313 e. The number of unbranched alkanes of at least 4 members (excludes halogenated alkanes) is 6. The van der Waals surface area contributed by atoms with Gasteiger partial charge in [0.05, 0.1) is 5.92 Å². The van der Waals surface area contributed by atoms with E-state index in [2.05, 4.69) is 31.2 Å². The van der Waals surface area contributed by atoms with Crippen LogP contribution in [0.15, 0.2) is 30.3 Å². The Labute approximate surface area is 135 Å². The summed E-state index contributed by atoms with van der Waals surface area (Å²) in [5, 5.41) is 0. The van der Waals surface area contributed by atoms with Crippen molar-refractivity contribution < 1.29 is 9.53 Å². The van der Waals surface area contributed by atoms with Crippen LogP contribution in [0.3, 0.4) is 0 Å². The Hall–Kier alpha value is -1.31. The summed E-state index contributed by atoms with van der Waals surface area (Å²) in [6, 6.07) is 10.5. The van der Waals surface area contributed by atoms with Crippen LogP contribution in [0.1, 0.15) is 70.3 Å². The molecule has 1 saturated heterocycles. The Balaban J connectivity index is 1.58. The molecule has 2 atom stereocenters. The van der Waals surface area contributed by atoms with Gasteiger partial charge in [-0.2, -0.15) is 0 Å². The maximum absolute atomic E-state index is 11.6. The van der Waals surface area contributed by atoms with E-state index >= 15 is 0 Å². The number of cyclic esters (lactones) is 1. The summed E-state index contributed by atoms with van der Waals surface area (Å²) in [7, 11) is 0. The van der Waals surface area contributed by atoms with E-state index in [4.69, 9.17) is 4.74 Å². The Morgan fingerprint density at radius 1 is 0.909 bits per heavy atom. The van der Waals surface area contributed by atoms with Gasteiger partial charge in [0.25, 0.3) is 0 Å². The lowest BCUT2D eigenvalue weighted by molar-refractivity contribution is -0.185. The molecule has 1 aromatic carbocycles. The molecule has 0 N–H and O–H groups in total. The molecule has 1 aliphatic rings. The Morgan fingerprint density at radius 3 is 2.27 bits per heavy atom. The molecule has 22 heavy (non-hydrogen) atoms. The van der Waals surface area contributed by atoms with E-state index < -0.39 is 0 Å². The molecule has 2 rings (SSSR count). The molecule has 1 aliphatic heterocycles. The lowest BCUT2D eigenvalue weighted by atomic mass is 9.87. The summed E-state index contributed by atoms with van der Waals surface area (Å²) >= 11 is 0. The molecule has 0 aromatic heterocycles. The van der Waals surface area contributed by atoms with E-state index in [-0.39, 0.29) is 18.0 Å².